The van der Waals surface area contributed by atoms with Crippen LogP contribution >= 0.6 is 11.6 Å². The summed E-state index contributed by atoms with van der Waals surface area (Å²) >= 11 is 6.05. The highest BCUT2D eigenvalue weighted by Gasteiger charge is 2.23. The Morgan fingerprint density at radius 2 is 1.82 bits per heavy atom. The van der Waals surface area contributed by atoms with E-state index < -0.39 is 0 Å². The highest BCUT2D eigenvalue weighted by molar-refractivity contribution is 6.30. The van der Waals surface area contributed by atoms with Gasteiger partial charge in [0.15, 0.2) is 0 Å². The highest BCUT2D eigenvalue weighted by Crippen LogP contribution is 2.20. The summed E-state index contributed by atoms with van der Waals surface area (Å²) in [6, 6.07) is 7.68. The molecule has 1 aromatic carbocycles. The van der Waals surface area contributed by atoms with Crippen LogP contribution in [0.3, 0.4) is 0 Å². The van der Waals surface area contributed by atoms with E-state index in [1.54, 1.807) is 9.80 Å². The first-order valence-electron chi connectivity index (χ1n) is 9.86. The van der Waals surface area contributed by atoms with E-state index in [-0.39, 0.29) is 30.8 Å². The van der Waals surface area contributed by atoms with Gasteiger partial charge in [-0.25, -0.2) is 0 Å². The van der Waals surface area contributed by atoms with Crippen molar-refractivity contribution in [2.75, 3.05) is 50.7 Å². The van der Waals surface area contributed by atoms with Crippen molar-refractivity contribution in [3.63, 3.8) is 0 Å². The van der Waals surface area contributed by atoms with E-state index in [4.69, 9.17) is 11.6 Å². The lowest BCUT2D eigenvalue weighted by Crippen LogP contribution is -2.52. The maximum atomic E-state index is 12.4. The number of nitrogens with one attached hydrogen (secondary N) is 1. The van der Waals surface area contributed by atoms with Crippen LogP contribution in [0, 0.1) is 0 Å². The molecule has 0 radical (unpaired) electrons. The molecule has 1 N–H and O–H groups in total. The van der Waals surface area contributed by atoms with Crippen LogP contribution in [0.25, 0.3) is 0 Å². The summed E-state index contributed by atoms with van der Waals surface area (Å²) in [4.78, 5) is 42.0. The molecule has 3 rings (SSSR count). The molecule has 1 aromatic rings. The van der Waals surface area contributed by atoms with Gasteiger partial charge in [-0.2, -0.15) is 0 Å². The van der Waals surface area contributed by atoms with Crippen LogP contribution in [0.4, 0.5) is 5.69 Å². The Hall–Kier alpha value is -2.28. The number of carbonyl (C=O) groups is 3. The molecule has 2 fully saturated rings. The number of hydrogen-bond acceptors (Lipinski definition) is 4. The van der Waals surface area contributed by atoms with Crippen molar-refractivity contribution >= 4 is 35.0 Å². The zero-order valence-corrected chi connectivity index (χ0v) is 16.8. The summed E-state index contributed by atoms with van der Waals surface area (Å²) in [6.45, 7) is 3.28. The topological polar surface area (TPSA) is 73.0 Å². The number of hydrogen-bond donors (Lipinski definition) is 1. The molecule has 2 heterocycles. The summed E-state index contributed by atoms with van der Waals surface area (Å²) in [5.41, 5.74) is 1.05. The smallest absolute Gasteiger partial charge is 0.242 e. The highest BCUT2D eigenvalue weighted by atomic mass is 35.5. The minimum absolute atomic E-state index is 0.0242. The van der Waals surface area contributed by atoms with Gasteiger partial charge in [0.05, 0.1) is 13.1 Å². The maximum Gasteiger partial charge on any atom is 0.242 e. The first-order chi connectivity index (χ1) is 13.5. The zero-order valence-electron chi connectivity index (χ0n) is 16.0. The van der Waals surface area contributed by atoms with Crippen LogP contribution < -0.4 is 10.2 Å². The molecule has 0 unspecified atom stereocenters. The third-order valence-corrected chi connectivity index (χ3v) is 5.48. The van der Waals surface area contributed by atoms with Gasteiger partial charge < -0.3 is 20.0 Å². The van der Waals surface area contributed by atoms with E-state index in [9.17, 15) is 14.4 Å². The van der Waals surface area contributed by atoms with E-state index in [2.05, 4.69) is 10.2 Å². The minimum atomic E-state index is -0.277. The molecule has 28 heavy (non-hydrogen) atoms. The molecule has 0 aliphatic carbocycles. The quantitative estimate of drug-likeness (QED) is 0.804. The average Bonchev–Trinajstić information content (AvgIpc) is 2.90. The number of anilines is 1. The SMILES string of the molecule is O=C(CN1CCCCCC1=O)NCC(=O)N1CCN(c2cccc(Cl)c2)CC1. The standard InChI is InChI=1S/C20H27ClN4O3/c21-16-5-4-6-17(13-16)23-9-11-24(12-10-23)20(28)14-22-18(26)15-25-8-3-1-2-7-19(25)27/h4-6,13H,1-3,7-12,14-15H2,(H,22,26). The summed E-state index contributed by atoms with van der Waals surface area (Å²) in [5.74, 6) is -0.349. The Kier molecular flexibility index (Phi) is 7.14. The lowest BCUT2D eigenvalue weighted by Gasteiger charge is -2.36. The molecular formula is C20H27ClN4O3. The molecule has 2 saturated heterocycles. The van der Waals surface area contributed by atoms with Crippen molar-refractivity contribution in [2.45, 2.75) is 25.7 Å². The zero-order chi connectivity index (χ0) is 19.9. The molecule has 0 saturated carbocycles. The Morgan fingerprint density at radius 1 is 1.04 bits per heavy atom. The van der Waals surface area contributed by atoms with Crippen LogP contribution in [0.2, 0.25) is 5.02 Å². The monoisotopic (exact) mass is 406 g/mol. The predicted molar refractivity (Wildman–Crippen MR) is 108 cm³/mol. The maximum absolute atomic E-state index is 12.4. The molecule has 8 heteroatoms. The first kappa shape index (κ1) is 20.5. The van der Waals surface area contributed by atoms with Gasteiger partial charge in [0.1, 0.15) is 0 Å². The van der Waals surface area contributed by atoms with E-state index >= 15 is 0 Å². The second-order valence-corrected chi connectivity index (χ2v) is 7.69. The van der Waals surface area contributed by atoms with E-state index in [0.29, 0.717) is 31.1 Å². The van der Waals surface area contributed by atoms with Crippen LogP contribution in [0.5, 0.6) is 0 Å². The molecule has 0 spiro atoms. The lowest BCUT2D eigenvalue weighted by atomic mass is 10.2. The largest absolute Gasteiger partial charge is 0.368 e. The summed E-state index contributed by atoms with van der Waals surface area (Å²) in [5, 5.41) is 3.36. The fraction of sp³-hybridized carbons (Fsp3) is 0.550. The Balaban J connectivity index is 1.40. The predicted octanol–water partition coefficient (Wildman–Crippen LogP) is 1.51. The molecule has 2 aliphatic heterocycles. The summed E-state index contributed by atoms with van der Waals surface area (Å²) in [6.07, 6.45) is 3.33. The molecule has 3 amide bonds. The molecule has 7 nitrogen and oxygen atoms in total. The van der Waals surface area contributed by atoms with E-state index in [0.717, 1.165) is 38.0 Å². The molecule has 152 valence electrons. The van der Waals surface area contributed by atoms with Gasteiger partial charge in [0, 0.05) is 49.9 Å². The van der Waals surface area contributed by atoms with Crippen molar-refractivity contribution in [1.29, 1.82) is 0 Å². The van der Waals surface area contributed by atoms with Crippen molar-refractivity contribution < 1.29 is 14.4 Å². The number of halogens is 1. The van der Waals surface area contributed by atoms with Crippen molar-refractivity contribution in [1.82, 2.24) is 15.1 Å². The normalized spacial score (nSPS) is 18.0. The molecular weight excluding hydrogens is 380 g/mol. The number of likely N-dealkylation sites (tertiary alicyclic amines) is 1. The van der Waals surface area contributed by atoms with E-state index in [1.807, 2.05) is 24.3 Å². The fourth-order valence-corrected chi connectivity index (χ4v) is 3.79. The summed E-state index contributed by atoms with van der Waals surface area (Å²) < 4.78 is 0. The molecule has 0 bridgehead atoms. The van der Waals surface area contributed by atoms with Crippen molar-refractivity contribution in [2.24, 2.45) is 0 Å². The Labute approximate surface area is 170 Å². The van der Waals surface area contributed by atoms with Crippen molar-refractivity contribution in [3.05, 3.63) is 29.3 Å². The van der Waals surface area contributed by atoms with Crippen LogP contribution in [-0.2, 0) is 14.4 Å². The van der Waals surface area contributed by atoms with Crippen LogP contribution in [0.15, 0.2) is 24.3 Å². The number of piperazine rings is 1. The second kappa shape index (κ2) is 9.78. The number of carbonyl (C=O) groups excluding carboxylic acids is 3. The third kappa shape index (κ3) is 5.61. The fourth-order valence-electron chi connectivity index (χ4n) is 3.61. The second-order valence-electron chi connectivity index (χ2n) is 7.25. The van der Waals surface area contributed by atoms with Gasteiger partial charge in [0.25, 0.3) is 0 Å². The summed E-state index contributed by atoms with van der Waals surface area (Å²) in [7, 11) is 0. The Morgan fingerprint density at radius 3 is 2.57 bits per heavy atom. The minimum Gasteiger partial charge on any atom is -0.368 e. The van der Waals surface area contributed by atoms with Gasteiger partial charge in [0.2, 0.25) is 17.7 Å². The van der Waals surface area contributed by atoms with Gasteiger partial charge in [-0.15, -0.1) is 0 Å². The van der Waals surface area contributed by atoms with Gasteiger partial charge >= 0.3 is 0 Å². The molecule has 2 aliphatic rings. The van der Waals surface area contributed by atoms with Crippen molar-refractivity contribution in [3.8, 4) is 0 Å². The number of amides is 3. The Bertz CT molecular complexity index is 719. The van der Waals surface area contributed by atoms with E-state index in [1.165, 1.54) is 0 Å². The number of rotatable bonds is 5. The molecule has 0 aromatic heterocycles. The number of benzene rings is 1. The van der Waals surface area contributed by atoms with Crippen LogP contribution in [-0.4, -0.2) is 73.3 Å². The first-order valence-corrected chi connectivity index (χ1v) is 10.2. The number of nitrogens with zero attached hydrogens (tertiary/aromatic N) is 3. The lowest BCUT2D eigenvalue weighted by molar-refractivity contribution is -0.136. The van der Waals surface area contributed by atoms with Gasteiger partial charge in [-0.3, -0.25) is 14.4 Å². The average molecular weight is 407 g/mol. The van der Waals surface area contributed by atoms with Crippen LogP contribution in [0.1, 0.15) is 25.7 Å². The molecule has 0 atom stereocenters. The van der Waals surface area contributed by atoms with Gasteiger partial charge in [-0.1, -0.05) is 24.1 Å². The van der Waals surface area contributed by atoms with Gasteiger partial charge in [-0.05, 0) is 31.0 Å². The third-order valence-electron chi connectivity index (χ3n) is 5.25.